The number of hydrogen-bond donors (Lipinski definition) is 1. The molecule has 0 unspecified atom stereocenters. The first kappa shape index (κ1) is 5.00. The molecule has 0 aliphatic heterocycles. The summed E-state index contributed by atoms with van der Waals surface area (Å²) in [6.07, 6.45) is 0. The average molecular weight is 169 g/mol. The maximum Gasteiger partial charge on any atom is 0.0577 e. The summed E-state index contributed by atoms with van der Waals surface area (Å²) in [5.41, 5.74) is 0.859. The fourth-order valence-electron chi connectivity index (χ4n) is 0.982. The van der Waals surface area contributed by atoms with Crippen molar-refractivity contribution < 1.29 is 10.6 Å². The number of nitrogens with zero attached hydrogens (tertiary/aromatic N) is 1. The molecule has 0 fully saturated rings. The van der Waals surface area contributed by atoms with Crippen LogP contribution in [0.15, 0.2) is 30.3 Å². The van der Waals surface area contributed by atoms with Gasteiger partial charge in [0.1, 0.15) is 0 Å². The van der Waals surface area contributed by atoms with E-state index in [1.165, 1.54) is 7.05 Å². The van der Waals surface area contributed by atoms with Gasteiger partial charge in [0.25, 0.3) is 0 Å². The van der Waals surface area contributed by atoms with Gasteiger partial charge in [0, 0.05) is 15.8 Å². The summed E-state index contributed by atoms with van der Waals surface area (Å²) in [5, 5.41) is 9.11. The van der Waals surface area contributed by atoms with E-state index in [2.05, 4.69) is 0 Å². The van der Waals surface area contributed by atoms with Crippen molar-refractivity contribution in [3.8, 4) is 0 Å². The van der Waals surface area contributed by atoms with E-state index in [-0.39, 0.29) is 6.54 Å². The summed E-state index contributed by atoms with van der Waals surface area (Å²) >= 11 is 0. The summed E-state index contributed by atoms with van der Waals surface area (Å²) in [5.74, 6) is 0. The highest BCUT2D eigenvalue weighted by molar-refractivity contribution is 5.14. The second-order valence-corrected chi connectivity index (χ2v) is 2.57. The van der Waals surface area contributed by atoms with Gasteiger partial charge in [-0.1, -0.05) is 30.3 Å². The first-order valence-corrected chi connectivity index (χ1v) is 3.72. The Morgan fingerprint density at radius 1 is 1.42 bits per heavy atom. The average Bonchev–Trinajstić information content (AvgIpc) is 2.17. The molecule has 0 spiro atoms. The largest absolute Gasteiger partial charge is 0.395 e. The molecule has 0 saturated heterocycles. The smallest absolute Gasteiger partial charge is 0.0577 e. The Morgan fingerprint density at radius 2 is 2.08 bits per heavy atom. The van der Waals surface area contributed by atoms with E-state index >= 15 is 0 Å². The van der Waals surface area contributed by atoms with Crippen molar-refractivity contribution in [3.05, 3.63) is 35.9 Å². The van der Waals surface area contributed by atoms with Crippen molar-refractivity contribution in [2.45, 2.75) is 6.54 Å². The molecule has 0 radical (unpaired) electrons. The van der Waals surface area contributed by atoms with Gasteiger partial charge in [-0.05, 0) is 12.6 Å². The van der Waals surface area contributed by atoms with Crippen LogP contribution in [-0.2, 0) is 6.54 Å². The molecule has 0 aromatic heterocycles. The van der Waals surface area contributed by atoms with Gasteiger partial charge in [-0.25, -0.2) is 0 Å². The Morgan fingerprint density at radius 3 is 2.67 bits per heavy atom. The lowest BCUT2D eigenvalue weighted by Gasteiger charge is -2.14. The molecule has 1 aromatic rings. The fraction of sp³-hybridized carbons (Fsp3) is 0.400. The SMILES string of the molecule is [2H]C([2H])(O)C([2H])([2H])N(C)Cc1ccccc1. The monoisotopic (exact) mass is 169 g/mol. The molecule has 0 bridgehead atoms. The molecule has 1 N–H and O–H groups in total. The molecule has 0 heterocycles. The van der Waals surface area contributed by atoms with Crippen molar-refractivity contribution >= 4 is 0 Å². The third-order valence-corrected chi connectivity index (χ3v) is 1.50. The van der Waals surface area contributed by atoms with Crippen LogP contribution in [0, 0.1) is 0 Å². The summed E-state index contributed by atoms with van der Waals surface area (Å²) in [7, 11) is 1.43. The predicted molar refractivity (Wildman–Crippen MR) is 49.9 cm³/mol. The van der Waals surface area contributed by atoms with Crippen LogP contribution in [0.3, 0.4) is 0 Å². The molecule has 0 aliphatic rings. The zero-order valence-electron chi connectivity index (χ0n) is 11.0. The Kier molecular flexibility index (Phi) is 2.04. The van der Waals surface area contributed by atoms with Crippen LogP contribution in [0.25, 0.3) is 0 Å². The van der Waals surface area contributed by atoms with E-state index in [1.54, 1.807) is 0 Å². The predicted octanol–water partition coefficient (Wildman–Crippen LogP) is 1.11. The van der Waals surface area contributed by atoms with Crippen molar-refractivity contribution in [2.24, 2.45) is 0 Å². The third-order valence-electron chi connectivity index (χ3n) is 1.50. The number of rotatable bonds is 4. The highest BCUT2D eigenvalue weighted by atomic mass is 16.3. The molecule has 1 aromatic carbocycles. The lowest BCUT2D eigenvalue weighted by molar-refractivity contribution is 0.217. The Hall–Kier alpha value is -0.860. The van der Waals surface area contributed by atoms with Crippen LogP contribution in [0.4, 0.5) is 0 Å². The maximum atomic E-state index is 9.11. The van der Waals surface area contributed by atoms with Crippen molar-refractivity contribution in [2.75, 3.05) is 20.1 Å². The molecule has 0 aliphatic carbocycles. The molecule has 0 atom stereocenters. The zero-order valence-corrected chi connectivity index (χ0v) is 6.99. The van der Waals surface area contributed by atoms with Gasteiger partial charge >= 0.3 is 0 Å². The van der Waals surface area contributed by atoms with Gasteiger partial charge in [0.2, 0.25) is 0 Å². The van der Waals surface area contributed by atoms with E-state index in [4.69, 9.17) is 10.6 Å². The summed E-state index contributed by atoms with van der Waals surface area (Å²) in [4.78, 5) is 1.14. The molecule has 2 nitrogen and oxygen atoms in total. The summed E-state index contributed by atoms with van der Waals surface area (Å²) in [6.45, 7) is -5.09. The minimum atomic E-state index is -2.89. The zero-order chi connectivity index (χ0) is 12.4. The van der Waals surface area contributed by atoms with Crippen LogP contribution in [0.5, 0.6) is 0 Å². The third kappa shape index (κ3) is 3.03. The minimum Gasteiger partial charge on any atom is -0.395 e. The fourth-order valence-corrected chi connectivity index (χ4v) is 0.982. The molecular formula is C10H15NO. The number of likely N-dealkylation sites (N-methyl/N-ethyl adjacent to an activating group) is 1. The van der Waals surface area contributed by atoms with Crippen molar-refractivity contribution in [1.29, 1.82) is 0 Å². The van der Waals surface area contributed by atoms with Gasteiger partial charge in [0.15, 0.2) is 0 Å². The lowest BCUT2D eigenvalue weighted by Crippen LogP contribution is -2.21. The molecule has 0 saturated carbocycles. The molecular weight excluding hydrogens is 150 g/mol. The van der Waals surface area contributed by atoms with Crippen LogP contribution < -0.4 is 0 Å². The normalized spacial score (nSPS) is 17.9. The van der Waals surface area contributed by atoms with Gasteiger partial charge < -0.3 is 5.11 Å². The number of hydrogen-bond acceptors (Lipinski definition) is 2. The minimum absolute atomic E-state index is 0.230. The van der Waals surface area contributed by atoms with Gasteiger partial charge in [0.05, 0.1) is 9.30 Å². The topological polar surface area (TPSA) is 23.5 Å². The van der Waals surface area contributed by atoms with Gasteiger partial charge in [-0.15, -0.1) is 0 Å². The van der Waals surface area contributed by atoms with E-state index in [0.29, 0.717) is 0 Å². The Bertz CT molecular complexity index is 336. The number of benzene rings is 1. The quantitative estimate of drug-likeness (QED) is 0.730. The van der Waals surface area contributed by atoms with Crippen molar-refractivity contribution in [3.63, 3.8) is 0 Å². The van der Waals surface area contributed by atoms with Crippen LogP contribution >= 0.6 is 0 Å². The van der Waals surface area contributed by atoms with Crippen LogP contribution in [-0.4, -0.2) is 30.1 Å². The molecule has 1 rings (SSSR count). The Labute approximate surface area is 79.1 Å². The van der Waals surface area contributed by atoms with Crippen LogP contribution in [0.2, 0.25) is 0 Å². The van der Waals surface area contributed by atoms with E-state index < -0.39 is 13.1 Å². The molecule has 66 valence electrons. The highest BCUT2D eigenvalue weighted by Crippen LogP contribution is 2.01. The lowest BCUT2D eigenvalue weighted by atomic mass is 10.2. The van der Waals surface area contributed by atoms with E-state index in [9.17, 15) is 0 Å². The first-order chi connectivity index (χ1) is 7.25. The van der Waals surface area contributed by atoms with Crippen molar-refractivity contribution in [1.82, 2.24) is 4.90 Å². The van der Waals surface area contributed by atoms with Gasteiger partial charge in [-0.3, -0.25) is 4.90 Å². The maximum absolute atomic E-state index is 9.11. The second kappa shape index (κ2) is 4.91. The van der Waals surface area contributed by atoms with Gasteiger partial charge in [-0.2, -0.15) is 0 Å². The molecule has 12 heavy (non-hydrogen) atoms. The molecule has 2 heteroatoms. The Balaban J connectivity index is 2.76. The van der Waals surface area contributed by atoms with Crippen LogP contribution in [0.1, 0.15) is 11.0 Å². The number of aliphatic hydroxyl groups is 1. The standard InChI is InChI=1S/C10H15NO/c1-11(7-8-12)9-10-5-3-2-4-6-10/h2-6,12H,7-9H2,1H3/i7D2,8D2. The van der Waals surface area contributed by atoms with E-state index in [0.717, 1.165) is 10.5 Å². The van der Waals surface area contributed by atoms with E-state index in [1.807, 2.05) is 30.3 Å². The first-order valence-electron chi connectivity index (χ1n) is 5.72. The molecule has 0 amide bonds. The summed E-state index contributed by atoms with van der Waals surface area (Å²) in [6, 6.07) is 9.14. The highest BCUT2D eigenvalue weighted by Gasteiger charge is 1.97. The second-order valence-electron chi connectivity index (χ2n) is 2.57. The summed E-state index contributed by atoms with van der Waals surface area (Å²) < 4.78 is 29.1.